The minimum Gasteiger partial charge on any atom is -0.381 e. The molecule has 108 valence electrons. The molecule has 0 saturated carbocycles. The number of hydrogen-bond donors (Lipinski definition) is 1. The molecule has 0 aromatic carbocycles. The number of nitrogens with one attached hydrogen (secondary N) is 1. The molecule has 0 fully saturated rings. The van der Waals surface area contributed by atoms with Gasteiger partial charge in [0.2, 0.25) is 0 Å². The van der Waals surface area contributed by atoms with E-state index in [9.17, 15) is 4.79 Å². The lowest BCUT2D eigenvalue weighted by molar-refractivity contribution is 0.101. The maximum Gasteiger partial charge on any atom is 0.163 e. The fraction of sp³-hybridized carbons (Fsp3) is 0.533. The Morgan fingerprint density at radius 2 is 2.05 bits per heavy atom. The zero-order valence-corrected chi connectivity index (χ0v) is 12.8. The molecule has 0 aliphatic rings. The Labute approximate surface area is 119 Å². The van der Waals surface area contributed by atoms with E-state index in [-0.39, 0.29) is 11.8 Å². The first-order valence-corrected chi connectivity index (χ1v) is 7.07. The lowest BCUT2D eigenvalue weighted by Crippen LogP contribution is -2.23. The number of anilines is 1. The molecule has 0 radical (unpaired) electrons. The molecule has 1 atom stereocenters. The van der Waals surface area contributed by atoms with E-state index in [0.717, 1.165) is 23.3 Å². The van der Waals surface area contributed by atoms with E-state index in [1.807, 2.05) is 11.6 Å². The first-order chi connectivity index (χ1) is 9.45. The van der Waals surface area contributed by atoms with Crippen LogP contribution in [0.3, 0.4) is 0 Å². The van der Waals surface area contributed by atoms with Crippen molar-refractivity contribution in [2.75, 3.05) is 5.32 Å². The molecule has 0 aliphatic heterocycles. The minimum absolute atomic E-state index is 0.0158. The van der Waals surface area contributed by atoms with E-state index in [1.54, 1.807) is 19.3 Å². The van der Waals surface area contributed by atoms with Gasteiger partial charge in [0.15, 0.2) is 11.4 Å². The van der Waals surface area contributed by atoms with Gasteiger partial charge in [0.25, 0.3) is 0 Å². The van der Waals surface area contributed by atoms with Crippen molar-refractivity contribution in [3.8, 4) is 0 Å². The van der Waals surface area contributed by atoms with Crippen LogP contribution >= 0.6 is 0 Å². The smallest absolute Gasteiger partial charge is 0.163 e. The van der Waals surface area contributed by atoms with Crippen molar-refractivity contribution in [2.45, 2.75) is 47.2 Å². The van der Waals surface area contributed by atoms with Crippen LogP contribution in [0.15, 0.2) is 12.4 Å². The molecule has 5 nitrogen and oxygen atoms in total. The Morgan fingerprint density at radius 1 is 1.35 bits per heavy atom. The zero-order chi connectivity index (χ0) is 14.9. The van der Waals surface area contributed by atoms with Crippen LogP contribution in [0.4, 0.5) is 5.69 Å². The van der Waals surface area contributed by atoms with Gasteiger partial charge < -0.3 is 5.32 Å². The van der Waals surface area contributed by atoms with E-state index in [2.05, 4.69) is 36.2 Å². The number of aromatic nitrogens is 3. The van der Waals surface area contributed by atoms with Crippen molar-refractivity contribution in [3.63, 3.8) is 0 Å². The molecule has 0 unspecified atom stereocenters. The summed E-state index contributed by atoms with van der Waals surface area (Å²) >= 11 is 0. The van der Waals surface area contributed by atoms with Gasteiger partial charge in [-0.25, -0.2) is 9.67 Å². The van der Waals surface area contributed by atoms with Crippen LogP contribution in [-0.4, -0.2) is 26.6 Å². The third kappa shape index (κ3) is 2.53. The first-order valence-electron chi connectivity index (χ1n) is 7.07. The second-order valence-corrected chi connectivity index (χ2v) is 5.48. The molecule has 0 bridgehead atoms. The van der Waals surface area contributed by atoms with Gasteiger partial charge in [-0.3, -0.25) is 4.79 Å². The van der Waals surface area contributed by atoms with Gasteiger partial charge >= 0.3 is 0 Å². The van der Waals surface area contributed by atoms with E-state index < -0.39 is 0 Å². The molecule has 0 saturated heterocycles. The number of hydrogen-bond acceptors (Lipinski definition) is 4. The maximum atomic E-state index is 11.8. The van der Waals surface area contributed by atoms with E-state index in [1.165, 1.54) is 0 Å². The number of rotatable bonds is 5. The number of carbonyl (C=O) groups is 1. The SMILES string of the molecule is CCn1ncc2c(N[C@H](C)C(C)C)c(C(C)=O)cnc21. The highest BCUT2D eigenvalue weighted by atomic mass is 16.1. The summed E-state index contributed by atoms with van der Waals surface area (Å²) < 4.78 is 1.84. The van der Waals surface area contributed by atoms with Crippen molar-refractivity contribution in [3.05, 3.63) is 18.0 Å². The second kappa shape index (κ2) is 5.61. The summed E-state index contributed by atoms with van der Waals surface area (Å²) in [7, 11) is 0. The summed E-state index contributed by atoms with van der Waals surface area (Å²) in [5.41, 5.74) is 2.29. The van der Waals surface area contributed by atoms with Gasteiger partial charge in [-0.15, -0.1) is 0 Å². The van der Waals surface area contributed by atoms with E-state index in [0.29, 0.717) is 11.5 Å². The zero-order valence-electron chi connectivity index (χ0n) is 12.8. The minimum atomic E-state index is 0.0158. The third-order valence-electron chi connectivity index (χ3n) is 3.72. The van der Waals surface area contributed by atoms with Gasteiger partial charge in [-0.2, -0.15) is 5.10 Å². The quantitative estimate of drug-likeness (QED) is 0.851. The Balaban J connectivity index is 2.59. The number of pyridine rings is 1. The fourth-order valence-corrected chi connectivity index (χ4v) is 2.07. The molecule has 2 aromatic heterocycles. The topological polar surface area (TPSA) is 59.8 Å². The lowest BCUT2D eigenvalue weighted by Gasteiger charge is -2.21. The molecule has 2 heterocycles. The number of carbonyl (C=O) groups excluding carboxylic acids is 1. The third-order valence-corrected chi connectivity index (χ3v) is 3.72. The molecule has 0 aliphatic carbocycles. The van der Waals surface area contributed by atoms with E-state index in [4.69, 9.17) is 0 Å². The number of aryl methyl sites for hydroxylation is 1. The highest BCUT2D eigenvalue weighted by molar-refractivity contribution is 6.06. The van der Waals surface area contributed by atoms with Crippen LogP contribution in [0.25, 0.3) is 11.0 Å². The number of ketones is 1. The predicted molar refractivity (Wildman–Crippen MR) is 81.1 cm³/mol. The first kappa shape index (κ1) is 14.5. The van der Waals surface area contributed by atoms with Crippen LogP contribution in [0.5, 0.6) is 0 Å². The standard InChI is InChI=1S/C15H22N4O/c1-6-19-15-13(8-17-19)14(18-10(4)9(2)3)12(7-16-15)11(5)20/h7-10H,6H2,1-5H3,(H,16,18)/t10-/m1/s1. The molecule has 5 heteroatoms. The van der Waals surface area contributed by atoms with Crippen molar-refractivity contribution >= 4 is 22.5 Å². The van der Waals surface area contributed by atoms with Gasteiger partial charge in [0.1, 0.15) is 0 Å². The maximum absolute atomic E-state index is 11.8. The number of nitrogens with zero attached hydrogens (tertiary/aromatic N) is 3. The number of fused-ring (bicyclic) bond motifs is 1. The molecule has 0 spiro atoms. The summed E-state index contributed by atoms with van der Waals surface area (Å²) in [6.07, 6.45) is 3.43. The van der Waals surface area contributed by atoms with Crippen molar-refractivity contribution < 1.29 is 4.79 Å². The Kier molecular flexibility index (Phi) is 4.06. The predicted octanol–water partition coefficient (Wildman–Crippen LogP) is 3.11. The fourth-order valence-electron chi connectivity index (χ4n) is 2.07. The van der Waals surface area contributed by atoms with Gasteiger partial charge in [-0.05, 0) is 26.7 Å². The monoisotopic (exact) mass is 274 g/mol. The van der Waals surface area contributed by atoms with E-state index >= 15 is 0 Å². The van der Waals surface area contributed by atoms with Crippen molar-refractivity contribution in [2.24, 2.45) is 5.92 Å². The normalized spacial score (nSPS) is 12.9. The average molecular weight is 274 g/mol. The van der Waals surface area contributed by atoms with Gasteiger partial charge in [0, 0.05) is 18.8 Å². The molecule has 1 N–H and O–H groups in total. The highest BCUT2D eigenvalue weighted by Gasteiger charge is 2.18. The molecule has 20 heavy (non-hydrogen) atoms. The van der Waals surface area contributed by atoms with Crippen LogP contribution < -0.4 is 5.32 Å². The number of Topliss-reactive ketones (excluding diaryl/α,β-unsaturated/α-hetero) is 1. The second-order valence-electron chi connectivity index (χ2n) is 5.48. The van der Waals surface area contributed by atoms with Gasteiger partial charge in [-0.1, -0.05) is 13.8 Å². The average Bonchev–Trinajstić information content (AvgIpc) is 2.81. The summed E-state index contributed by atoms with van der Waals surface area (Å²) in [6.45, 7) is 10.8. The molecular formula is C15H22N4O. The Morgan fingerprint density at radius 3 is 2.60 bits per heavy atom. The van der Waals surface area contributed by atoms with Crippen LogP contribution in [0.1, 0.15) is 45.0 Å². The lowest BCUT2D eigenvalue weighted by atomic mass is 10.0. The van der Waals surface area contributed by atoms with Crippen LogP contribution in [0.2, 0.25) is 0 Å². The summed E-state index contributed by atoms with van der Waals surface area (Å²) in [4.78, 5) is 16.2. The Bertz CT molecular complexity index is 630. The summed E-state index contributed by atoms with van der Waals surface area (Å²) in [5.74, 6) is 0.487. The summed E-state index contributed by atoms with van der Waals surface area (Å²) in [6, 6.07) is 0.267. The molecule has 0 amide bonds. The largest absolute Gasteiger partial charge is 0.381 e. The van der Waals surface area contributed by atoms with Crippen molar-refractivity contribution in [1.82, 2.24) is 14.8 Å². The Hall–Kier alpha value is -1.91. The van der Waals surface area contributed by atoms with Gasteiger partial charge in [0.05, 0.1) is 22.8 Å². The van der Waals surface area contributed by atoms with Crippen LogP contribution in [-0.2, 0) is 6.54 Å². The molecular weight excluding hydrogens is 252 g/mol. The molecule has 2 rings (SSSR count). The highest BCUT2D eigenvalue weighted by Crippen LogP contribution is 2.27. The summed E-state index contributed by atoms with van der Waals surface area (Å²) in [5, 5.41) is 8.70. The van der Waals surface area contributed by atoms with Crippen LogP contribution in [0, 0.1) is 5.92 Å². The van der Waals surface area contributed by atoms with Crippen molar-refractivity contribution in [1.29, 1.82) is 0 Å². The molecule has 2 aromatic rings.